The first kappa shape index (κ1) is 17.1. The molecule has 2 aromatic rings. The van der Waals surface area contributed by atoms with E-state index in [-0.39, 0.29) is 12.5 Å². The number of hydrogen-bond acceptors (Lipinski definition) is 4. The van der Waals surface area contributed by atoms with Crippen LogP contribution in [0.3, 0.4) is 0 Å². The van der Waals surface area contributed by atoms with Gasteiger partial charge in [0.25, 0.3) is 17.7 Å². The number of hydrogen-bond donors (Lipinski definition) is 1. The Balaban J connectivity index is 2.01. The molecule has 6 heteroatoms. The van der Waals surface area contributed by atoms with E-state index in [0.29, 0.717) is 23.2 Å². The average molecular weight is 340 g/mol. The van der Waals surface area contributed by atoms with Gasteiger partial charge in [0.1, 0.15) is 6.04 Å². The lowest BCUT2D eigenvalue weighted by Crippen LogP contribution is -2.47. The molecule has 1 aromatic heterocycles. The van der Waals surface area contributed by atoms with Crippen molar-refractivity contribution < 1.29 is 19.5 Å². The molecule has 2 heterocycles. The smallest absolute Gasteiger partial charge is 0.262 e. The first-order valence-electron chi connectivity index (χ1n) is 8.24. The molecule has 0 fully saturated rings. The molecule has 1 aromatic carbocycles. The molecule has 0 bridgehead atoms. The Morgan fingerprint density at radius 1 is 1.04 bits per heavy atom. The van der Waals surface area contributed by atoms with Gasteiger partial charge in [0, 0.05) is 6.20 Å². The summed E-state index contributed by atoms with van der Waals surface area (Å²) < 4.78 is 1.32. The van der Waals surface area contributed by atoms with Gasteiger partial charge >= 0.3 is 0 Å². The molecule has 0 saturated heterocycles. The minimum absolute atomic E-state index is 0.103. The summed E-state index contributed by atoms with van der Waals surface area (Å²) in [6.07, 6.45) is 1.90. The number of aliphatic hydroxyl groups excluding tert-OH is 1. The molecule has 0 aliphatic carbocycles. The van der Waals surface area contributed by atoms with Gasteiger partial charge in [-0.15, -0.1) is 0 Å². The number of carbonyl (C=O) groups excluding carboxylic acids is 3. The number of benzene rings is 1. The van der Waals surface area contributed by atoms with E-state index in [1.807, 2.05) is 13.8 Å². The third kappa shape index (κ3) is 2.89. The lowest BCUT2D eigenvalue weighted by atomic mass is 10.0. The van der Waals surface area contributed by atoms with Crippen LogP contribution in [0.15, 0.2) is 42.6 Å². The third-order valence-electron chi connectivity index (χ3n) is 4.35. The van der Waals surface area contributed by atoms with Crippen molar-refractivity contribution in [3.05, 3.63) is 59.4 Å². The normalized spacial score (nSPS) is 15.0. The summed E-state index contributed by atoms with van der Waals surface area (Å²) >= 11 is 0. The number of rotatable bonds is 5. The van der Waals surface area contributed by atoms with Crippen LogP contribution in [-0.4, -0.2) is 38.3 Å². The molecule has 0 radical (unpaired) electrons. The Morgan fingerprint density at radius 2 is 1.64 bits per heavy atom. The number of nitrogens with zero attached hydrogens (tertiary/aromatic N) is 2. The topological polar surface area (TPSA) is 79.6 Å². The lowest BCUT2D eigenvalue weighted by molar-refractivity contribution is 0.0489. The predicted octanol–water partition coefficient (Wildman–Crippen LogP) is 2.33. The summed E-state index contributed by atoms with van der Waals surface area (Å²) in [5, 5.41) is 9.41. The molecule has 1 aliphatic rings. The van der Waals surface area contributed by atoms with Crippen LogP contribution in [-0.2, 0) is 6.61 Å². The summed E-state index contributed by atoms with van der Waals surface area (Å²) in [6.45, 7) is 3.57. The van der Waals surface area contributed by atoms with Gasteiger partial charge in [-0.1, -0.05) is 26.0 Å². The second-order valence-corrected chi connectivity index (χ2v) is 6.54. The van der Waals surface area contributed by atoms with Gasteiger partial charge in [-0.05, 0) is 36.6 Å². The molecule has 25 heavy (non-hydrogen) atoms. The van der Waals surface area contributed by atoms with Crippen LogP contribution in [0, 0.1) is 5.92 Å². The third-order valence-corrected chi connectivity index (χ3v) is 4.35. The van der Waals surface area contributed by atoms with Crippen molar-refractivity contribution in [2.24, 2.45) is 5.92 Å². The van der Waals surface area contributed by atoms with Gasteiger partial charge < -0.3 is 5.11 Å². The molecule has 130 valence electrons. The minimum atomic E-state index is -0.912. The molecule has 1 N–H and O–H groups in total. The highest BCUT2D eigenvalue weighted by molar-refractivity contribution is 6.22. The maximum Gasteiger partial charge on any atom is 0.262 e. The molecule has 1 aliphatic heterocycles. The van der Waals surface area contributed by atoms with Crippen LogP contribution in [0.4, 0.5) is 0 Å². The number of carbonyl (C=O) groups is 3. The Bertz CT molecular complexity index is 802. The molecule has 0 unspecified atom stereocenters. The molecule has 2 amide bonds. The number of aromatic nitrogens is 1. The fourth-order valence-corrected chi connectivity index (χ4v) is 3.17. The zero-order valence-corrected chi connectivity index (χ0v) is 14.2. The van der Waals surface area contributed by atoms with Crippen LogP contribution in [0.25, 0.3) is 0 Å². The van der Waals surface area contributed by atoms with E-state index in [1.165, 1.54) is 4.57 Å². The van der Waals surface area contributed by atoms with E-state index in [9.17, 15) is 19.5 Å². The Kier molecular flexibility index (Phi) is 4.55. The first-order valence-corrected chi connectivity index (χ1v) is 8.24. The van der Waals surface area contributed by atoms with E-state index < -0.39 is 23.8 Å². The fraction of sp³-hybridized carbons (Fsp3) is 0.316. The van der Waals surface area contributed by atoms with Crippen LogP contribution >= 0.6 is 0 Å². The number of aliphatic hydroxyl groups is 1. The number of amides is 2. The molecule has 3 rings (SSSR count). The molecule has 0 saturated carbocycles. The first-order chi connectivity index (χ1) is 12.0. The average Bonchev–Trinajstić information content (AvgIpc) is 3.16. The van der Waals surface area contributed by atoms with Gasteiger partial charge in [0.15, 0.2) is 0 Å². The second kappa shape index (κ2) is 6.64. The SMILES string of the molecule is CC(C)C[C@@H](C(=O)n1cccc1CO)N1C(=O)c2ccccc2C1=O. The Morgan fingerprint density at radius 3 is 2.16 bits per heavy atom. The molecular weight excluding hydrogens is 320 g/mol. The summed E-state index contributed by atoms with van der Waals surface area (Å²) in [6, 6.07) is 8.96. The van der Waals surface area contributed by atoms with Crippen molar-refractivity contribution in [3.8, 4) is 0 Å². The molecule has 6 nitrogen and oxygen atoms in total. The van der Waals surface area contributed by atoms with Crippen molar-refractivity contribution in [2.45, 2.75) is 32.9 Å². The summed E-state index contributed by atoms with van der Waals surface area (Å²) in [7, 11) is 0. The number of fused-ring (bicyclic) bond motifs is 1. The van der Waals surface area contributed by atoms with Crippen LogP contribution in [0.1, 0.15) is 51.5 Å². The lowest BCUT2D eigenvalue weighted by Gasteiger charge is -2.27. The zero-order valence-electron chi connectivity index (χ0n) is 14.2. The molecule has 1 atom stereocenters. The highest BCUT2D eigenvalue weighted by Gasteiger charge is 2.43. The van der Waals surface area contributed by atoms with E-state index >= 15 is 0 Å². The summed E-state index contributed by atoms with van der Waals surface area (Å²) in [4.78, 5) is 39.6. The van der Waals surface area contributed by atoms with Crippen molar-refractivity contribution in [1.29, 1.82) is 0 Å². The van der Waals surface area contributed by atoms with Gasteiger partial charge in [-0.3, -0.25) is 23.9 Å². The monoisotopic (exact) mass is 340 g/mol. The van der Waals surface area contributed by atoms with E-state index in [0.717, 1.165) is 4.90 Å². The highest BCUT2D eigenvalue weighted by atomic mass is 16.3. The maximum atomic E-state index is 13.1. The van der Waals surface area contributed by atoms with Crippen molar-refractivity contribution in [2.75, 3.05) is 0 Å². The minimum Gasteiger partial charge on any atom is -0.390 e. The van der Waals surface area contributed by atoms with Gasteiger partial charge in [0.05, 0.1) is 23.4 Å². The fourth-order valence-electron chi connectivity index (χ4n) is 3.17. The van der Waals surface area contributed by atoms with E-state index in [1.54, 1.807) is 42.6 Å². The molecular formula is C19H20N2O4. The molecule has 0 spiro atoms. The van der Waals surface area contributed by atoms with E-state index in [4.69, 9.17) is 0 Å². The highest BCUT2D eigenvalue weighted by Crippen LogP contribution is 2.28. The van der Waals surface area contributed by atoms with Crippen molar-refractivity contribution >= 4 is 17.7 Å². The predicted molar refractivity (Wildman–Crippen MR) is 91.2 cm³/mol. The quantitative estimate of drug-likeness (QED) is 0.847. The summed E-state index contributed by atoms with van der Waals surface area (Å²) in [5.41, 5.74) is 1.07. The van der Waals surface area contributed by atoms with Gasteiger partial charge in [-0.2, -0.15) is 0 Å². The Labute approximate surface area is 145 Å². The number of imide groups is 1. The van der Waals surface area contributed by atoms with Crippen molar-refractivity contribution in [1.82, 2.24) is 9.47 Å². The van der Waals surface area contributed by atoms with Gasteiger partial charge in [0.2, 0.25) is 0 Å². The van der Waals surface area contributed by atoms with Crippen molar-refractivity contribution in [3.63, 3.8) is 0 Å². The van der Waals surface area contributed by atoms with Gasteiger partial charge in [-0.25, -0.2) is 0 Å². The second-order valence-electron chi connectivity index (χ2n) is 6.54. The standard InChI is InChI=1S/C19H20N2O4/c1-12(2)10-16(19(25)20-9-5-6-13(20)11-22)21-17(23)14-7-3-4-8-15(14)18(21)24/h3-9,12,16,22H,10-11H2,1-2H3/t16-/m0/s1. The zero-order chi connectivity index (χ0) is 18.1. The Hall–Kier alpha value is -2.73. The van der Waals surface area contributed by atoms with Crippen LogP contribution < -0.4 is 0 Å². The summed E-state index contributed by atoms with van der Waals surface area (Å²) in [5.74, 6) is -1.18. The van der Waals surface area contributed by atoms with Crippen LogP contribution in [0.5, 0.6) is 0 Å². The van der Waals surface area contributed by atoms with Crippen LogP contribution in [0.2, 0.25) is 0 Å². The maximum absolute atomic E-state index is 13.1. The largest absolute Gasteiger partial charge is 0.390 e. The van der Waals surface area contributed by atoms with E-state index in [2.05, 4.69) is 0 Å².